The van der Waals surface area contributed by atoms with Crippen LogP contribution in [-0.2, 0) is 11.3 Å². The number of carbonyl (C=O) groups excluding carboxylic acids is 2. The molecule has 2 aromatic heterocycles. The molecule has 7 nitrogen and oxygen atoms in total. The van der Waals surface area contributed by atoms with Crippen molar-refractivity contribution in [2.75, 3.05) is 26.5 Å². The van der Waals surface area contributed by atoms with E-state index in [-0.39, 0.29) is 23.5 Å². The van der Waals surface area contributed by atoms with Gasteiger partial charge in [0.15, 0.2) is 5.78 Å². The Bertz CT molecular complexity index is 1150. The van der Waals surface area contributed by atoms with Gasteiger partial charge >= 0.3 is 0 Å². The highest BCUT2D eigenvalue weighted by Crippen LogP contribution is 2.29. The first kappa shape index (κ1) is 22.7. The van der Waals surface area contributed by atoms with E-state index in [1.54, 1.807) is 7.11 Å². The number of fused-ring (bicyclic) bond motifs is 1. The number of aromatic nitrogens is 2. The van der Waals surface area contributed by atoms with Crippen molar-refractivity contribution >= 4 is 45.7 Å². The Hall–Kier alpha value is -2.49. The van der Waals surface area contributed by atoms with Gasteiger partial charge in [-0.1, -0.05) is 11.8 Å². The van der Waals surface area contributed by atoms with Gasteiger partial charge in [-0.2, -0.15) is 0 Å². The zero-order valence-electron chi connectivity index (χ0n) is 18.4. The van der Waals surface area contributed by atoms with Crippen LogP contribution < -0.4 is 10.1 Å². The van der Waals surface area contributed by atoms with E-state index in [9.17, 15) is 9.59 Å². The maximum Gasteiger partial charge on any atom is 0.237 e. The monoisotopic (exact) mass is 470 g/mol. The molecule has 1 atom stereocenters. The molecule has 9 heteroatoms. The summed E-state index contributed by atoms with van der Waals surface area (Å²) < 4.78 is 5.32. The van der Waals surface area contributed by atoms with E-state index in [0.29, 0.717) is 17.2 Å². The second-order valence-electron chi connectivity index (χ2n) is 7.79. The molecule has 0 radical (unpaired) electrons. The molecule has 1 fully saturated rings. The van der Waals surface area contributed by atoms with E-state index < -0.39 is 0 Å². The number of hydrogen-bond donors (Lipinski definition) is 1. The van der Waals surface area contributed by atoms with Crippen LogP contribution in [-0.4, -0.2) is 59.1 Å². The van der Waals surface area contributed by atoms with Crippen LogP contribution in [0.15, 0.2) is 35.4 Å². The van der Waals surface area contributed by atoms with Crippen LogP contribution in [0.25, 0.3) is 10.9 Å². The molecule has 0 saturated carbocycles. The van der Waals surface area contributed by atoms with Gasteiger partial charge in [0, 0.05) is 10.3 Å². The number of rotatable bonds is 8. The topological polar surface area (TPSA) is 84.4 Å². The highest BCUT2D eigenvalue weighted by atomic mass is 32.2. The molecule has 1 saturated heterocycles. The molecule has 0 aliphatic carbocycles. The molecule has 0 unspecified atom stereocenters. The first-order chi connectivity index (χ1) is 15.4. The molecule has 1 amide bonds. The summed E-state index contributed by atoms with van der Waals surface area (Å²) in [6.45, 7) is 3.25. The Balaban J connectivity index is 1.38. The van der Waals surface area contributed by atoms with E-state index in [1.165, 1.54) is 23.1 Å². The van der Waals surface area contributed by atoms with Crippen molar-refractivity contribution in [2.45, 2.75) is 37.4 Å². The lowest BCUT2D eigenvalue weighted by molar-refractivity contribution is -0.125. The number of benzene rings is 1. The first-order valence-corrected chi connectivity index (χ1v) is 12.3. The highest BCUT2D eigenvalue weighted by molar-refractivity contribution is 8.00. The Morgan fingerprint density at radius 1 is 1.28 bits per heavy atom. The smallest absolute Gasteiger partial charge is 0.237 e. The summed E-state index contributed by atoms with van der Waals surface area (Å²) >= 11 is 2.84. The van der Waals surface area contributed by atoms with E-state index in [1.807, 2.05) is 44.3 Å². The minimum atomic E-state index is -0.0442. The highest BCUT2D eigenvalue weighted by Gasteiger charge is 2.27. The number of nitrogens with one attached hydrogen (secondary N) is 1. The third-order valence-corrected chi connectivity index (χ3v) is 7.63. The lowest BCUT2D eigenvalue weighted by Gasteiger charge is -2.18. The quantitative estimate of drug-likeness (QED) is 0.305. The molecule has 4 rings (SSSR count). The molecule has 0 spiro atoms. The summed E-state index contributed by atoms with van der Waals surface area (Å²) in [5, 5.41) is 4.65. The van der Waals surface area contributed by atoms with E-state index in [4.69, 9.17) is 4.74 Å². The lowest BCUT2D eigenvalue weighted by Crippen LogP contribution is -2.40. The fraction of sp³-hybridized carbons (Fsp3) is 0.391. The summed E-state index contributed by atoms with van der Waals surface area (Å²) in [7, 11) is 3.60. The number of methoxy groups -OCH3 is 1. The number of likely N-dealkylation sites (N-methyl/N-ethyl adjacent to an activating group) is 1. The molecule has 0 bridgehead atoms. The number of likely N-dealkylation sites (tertiary alicyclic amines) is 1. The van der Waals surface area contributed by atoms with Crippen molar-refractivity contribution in [3.05, 3.63) is 45.9 Å². The van der Waals surface area contributed by atoms with E-state index in [2.05, 4.69) is 20.2 Å². The summed E-state index contributed by atoms with van der Waals surface area (Å²) in [5.41, 5.74) is 0.829. The second-order valence-corrected chi connectivity index (χ2v) is 9.93. The number of hydrogen-bond acceptors (Lipinski definition) is 8. The normalized spacial score (nSPS) is 16.4. The number of thiophene rings is 1. The van der Waals surface area contributed by atoms with Gasteiger partial charge < -0.3 is 10.1 Å². The van der Waals surface area contributed by atoms with Crippen LogP contribution in [0.3, 0.4) is 0 Å². The summed E-state index contributed by atoms with van der Waals surface area (Å²) in [6.07, 6.45) is 1.95. The van der Waals surface area contributed by atoms with Crippen molar-refractivity contribution in [1.82, 2.24) is 20.2 Å². The van der Waals surface area contributed by atoms with Gasteiger partial charge in [-0.3, -0.25) is 14.5 Å². The van der Waals surface area contributed by atoms with Crippen LogP contribution >= 0.6 is 23.1 Å². The zero-order valence-corrected chi connectivity index (χ0v) is 20.0. The fourth-order valence-corrected chi connectivity index (χ4v) is 5.70. The maximum atomic E-state index is 12.8. The molecule has 168 valence electrons. The van der Waals surface area contributed by atoms with Crippen molar-refractivity contribution in [1.29, 1.82) is 0 Å². The van der Waals surface area contributed by atoms with Crippen molar-refractivity contribution in [2.24, 2.45) is 0 Å². The molecule has 3 aromatic rings. The van der Waals surface area contributed by atoms with E-state index >= 15 is 0 Å². The van der Waals surface area contributed by atoms with Crippen LogP contribution in [0.2, 0.25) is 0 Å². The van der Waals surface area contributed by atoms with Crippen molar-refractivity contribution in [3.63, 3.8) is 0 Å². The number of ketones is 1. The Kier molecular flexibility index (Phi) is 7.07. The maximum absolute atomic E-state index is 12.8. The average molecular weight is 471 g/mol. The average Bonchev–Trinajstić information content (AvgIpc) is 3.44. The predicted octanol–water partition coefficient (Wildman–Crippen LogP) is 3.69. The van der Waals surface area contributed by atoms with Gasteiger partial charge in [0.1, 0.15) is 16.6 Å². The number of Topliss-reactive ketones (excluding diaryl/α,β-unsaturated/α-hetero) is 1. The minimum Gasteiger partial charge on any atom is -0.497 e. The molecule has 32 heavy (non-hydrogen) atoms. The molecule has 1 aliphatic heterocycles. The molecule has 1 N–H and O–H groups in total. The van der Waals surface area contributed by atoms with Crippen molar-refractivity contribution in [3.8, 4) is 5.75 Å². The van der Waals surface area contributed by atoms with Gasteiger partial charge in [-0.05, 0) is 63.7 Å². The van der Waals surface area contributed by atoms with Gasteiger partial charge in [-0.25, -0.2) is 9.97 Å². The fourth-order valence-electron chi connectivity index (χ4n) is 3.79. The Morgan fingerprint density at radius 3 is 2.88 bits per heavy atom. The summed E-state index contributed by atoms with van der Waals surface area (Å²) in [4.78, 5) is 37.9. The van der Waals surface area contributed by atoms with Crippen LogP contribution in [0.5, 0.6) is 5.75 Å². The standard InChI is InChI=1S/C23H26N4O3S2/c1-14-25-18-8-6-15(30-3)11-17(18)23(26-14)31-13-20(28)21-9-7-16(32-21)12-24-22(29)19-5-4-10-27(19)2/h6-9,11,19H,4-5,10,12-13H2,1-3H3,(H,24,29)/t19-/m1/s1. The van der Waals surface area contributed by atoms with Crippen LogP contribution in [0, 0.1) is 6.92 Å². The molecular weight excluding hydrogens is 444 g/mol. The number of aryl methyl sites for hydroxylation is 1. The third kappa shape index (κ3) is 5.11. The summed E-state index contributed by atoms with van der Waals surface area (Å²) in [6, 6.07) is 9.37. The summed E-state index contributed by atoms with van der Waals surface area (Å²) in [5.74, 6) is 1.78. The zero-order chi connectivity index (χ0) is 22.7. The third-order valence-electron chi connectivity index (χ3n) is 5.52. The van der Waals surface area contributed by atoms with Gasteiger partial charge in [-0.15, -0.1) is 11.3 Å². The number of thioether (sulfide) groups is 1. The molecule has 1 aliphatic rings. The Morgan fingerprint density at radius 2 is 2.12 bits per heavy atom. The minimum absolute atomic E-state index is 0.0421. The van der Waals surface area contributed by atoms with Gasteiger partial charge in [0.25, 0.3) is 0 Å². The number of ether oxygens (including phenoxy) is 1. The second kappa shape index (κ2) is 9.97. The molecular formula is C23H26N4O3S2. The predicted molar refractivity (Wildman–Crippen MR) is 128 cm³/mol. The van der Waals surface area contributed by atoms with E-state index in [0.717, 1.165) is 45.9 Å². The van der Waals surface area contributed by atoms with Crippen LogP contribution in [0.1, 0.15) is 33.2 Å². The largest absolute Gasteiger partial charge is 0.497 e. The van der Waals surface area contributed by atoms with Gasteiger partial charge in [0.05, 0.1) is 35.8 Å². The van der Waals surface area contributed by atoms with Crippen molar-refractivity contribution < 1.29 is 14.3 Å². The molecule has 1 aromatic carbocycles. The molecule has 3 heterocycles. The first-order valence-electron chi connectivity index (χ1n) is 10.5. The number of amides is 1. The van der Waals surface area contributed by atoms with Crippen LogP contribution in [0.4, 0.5) is 0 Å². The number of nitrogens with zero attached hydrogens (tertiary/aromatic N) is 3. The SMILES string of the molecule is COc1ccc2nc(C)nc(SCC(=O)c3ccc(CNC(=O)[C@H]4CCCN4C)s3)c2c1. The Labute approximate surface area is 195 Å². The lowest BCUT2D eigenvalue weighted by atomic mass is 10.2. The van der Waals surface area contributed by atoms with Gasteiger partial charge in [0.2, 0.25) is 5.91 Å². The number of carbonyl (C=O) groups is 2.